The first-order valence-corrected chi connectivity index (χ1v) is 10.8. The maximum absolute atomic E-state index is 5.82. The van der Waals surface area contributed by atoms with Gasteiger partial charge in [0.1, 0.15) is 18.1 Å². The van der Waals surface area contributed by atoms with Crippen molar-refractivity contribution in [3.63, 3.8) is 0 Å². The first-order valence-electron chi connectivity index (χ1n) is 10.8. The molecule has 30 heavy (non-hydrogen) atoms. The highest BCUT2D eigenvalue weighted by atomic mass is 16.5. The maximum atomic E-state index is 5.82. The number of nitrogens with one attached hydrogen (secondary N) is 1. The second-order valence-electron chi connectivity index (χ2n) is 7.58. The number of para-hydroxylation sites is 1. The molecule has 2 aromatic rings. The summed E-state index contributed by atoms with van der Waals surface area (Å²) in [7, 11) is 3.78. The van der Waals surface area contributed by atoms with Crippen LogP contribution < -0.4 is 19.7 Å². The van der Waals surface area contributed by atoms with Gasteiger partial charge in [0.2, 0.25) is 0 Å². The van der Waals surface area contributed by atoms with Gasteiger partial charge in [0.05, 0.1) is 13.7 Å². The van der Waals surface area contributed by atoms with Crippen LogP contribution in [0.4, 0.5) is 5.69 Å². The molecule has 1 heterocycles. The molecule has 0 radical (unpaired) electrons. The molecule has 0 saturated carbocycles. The van der Waals surface area contributed by atoms with Gasteiger partial charge in [0.15, 0.2) is 5.96 Å². The highest BCUT2D eigenvalue weighted by Gasteiger charge is 2.23. The van der Waals surface area contributed by atoms with Crippen molar-refractivity contribution < 1.29 is 9.47 Å². The Morgan fingerprint density at radius 2 is 1.97 bits per heavy atom. The molecule has 1 fully saturated rings. The lowest BCUT2D eigenvalue weighted by Gasteiger charge is -2.23. The minimum Gasteiger partial charge on any atom is -0.497 e. The van der Waals surface area contributed by atoms with Crippen molar-refractivity contribution in [2.24, 2.45) is 10.9 Å². The van der Waals surface area contributed by atoms with Crippen LogP contribution in [-0.4, -0.2) is 64.3 Å². The van der Waals surface area contributed by atoms with Crippen LogP contribution in [0.3, 0.4) is 0 Å². The van der Waals surface area contributed by atoms with Gasteiger partial charge in [-0.15, -0.1) is 0 Å². The Morgan fingerprint density at radius 3 is 2.73 bits per heavy atom. The number of anilines is 1. The van der Waals surface area contributed by atoms with Crippen LogP contribution in [0.5, 0.6) is 11.5 Å². The lowest BCUT2D eigenvalue weighted by Crippen LogP contribution is -2.41. The summed E-state index contributed by atoms with van der Waals surface area (Å²) in [5, 5.41) is 3.40. The van der Waals surface area contributed by atoms with Gasteiger partial charge in [0, 0.05) is 45.0 Å². The Labute approximate surface area is 180 Å². The van der Waals surface area contributed by atoms with Gasteiger partial charge in [-0.2, -0.15) is 0 Å². The van der Waals surface area contributed by atoms with E-state index >= 15 is 0 Å². The van der Waals surface area contributed by atoms with Gasteiger partial charge >= 0.3 is 0 Å². The molecule has 6 heteroatoms. The molecule has 6 nitrogen and oxygen atoms in total. The van der Waals surface area contributed by atoms with E-state index in [1.54, 1.807) is 7.11 Å². The number of likely N-dealkylation sites (N-methyl/N-ethyl adjacent to an activating group) is 1. The Balaban J connectivity index is 1.50. The minimum atomic E-state index is 0.554. The molecule has 1 unspecified atom stereocenters. The maximum Gasteiger partial charge on any atom is 0.193 e. The summed E-state index contributed by atoms with van der Waals surface area (Å²) in [4.78, 5) is 9.47. The van der Waals surface area contributed by atoms with Crippen LogP contribution in [0.25, 0.3) is 0 Å². The number of aliphatic imine (C=N–C) groups is 1. The van der Waals surface area contributed by atoms with E-state index in [9.17, 15) is 0 Å². The molecule has 0 amide bonds. The summed E-state index contributed by atoms with van der Waals surface area (Å²) in [5.41, 5.74) is 1.22. The van der Waals surface area contributed by atoms with Crippen LogP contribution in [0, 0.1) is 5.92 Å². The van der Waals surface area contributed by atoms with E-state index in [2.05, 4.69) is 47.3 Å². The number of nitrogens with zero attached hydrogens (tertiary/aromatic N) is 3. The SMILES string of the molecule is CCNC(=NCC1CCN(c2cccc(OC)c2)C1)N(C)CCOc1ccccc1. The Hall–Kier alpha value is -2.89. The number of hydrogen-bond acceptors (Lipinski definition) is 4. The average molecular weight is 411 g/mol. The van der Waals surface area contributed by atoms with Crippen molar-refractivity contribution in [3.8, 4) is 11.5 Å². The molecule has 1 aliphatic rings. The average Bonchev–Trinajstić information content (AvgIpc) is 3.26. The molecule has 2 aromatic carbocycles. The number of ether oxygens (including phenoxy) is 2. The molecule has 0 bridgehead atoms. The standard InChI is InChI=1S/C24H34N4O2/c1-4-25-24(27(2)15-16-30-22-10-6-5-7-11-22)26-18-20-13-14-28(19-20)21-9-8-12-23(17-21)29-3/h5-12,17,20H,4,13-16,18-19H2,1-3H3,(H,25,26). The second-order valence-corrected chi connectivity index (χ2v) is 7.58. The summed E-state index contributed by atoms with van der Waals surface area (Å²) < 4.78 is 11.2. The highest BCUT2D eigenvalue weighted by molar-refractivity contribution is 5.79. The Kier molecular flexibility index (Phi) is 8.24. The van der Waals surface area contributed by atoms with Crippen molar-refractivity contribution in [2.45, 2.75) is 13.3 Å². The zero-order chi connectivity index (χ0) is 21.2. The molecule has 1 aliphatic heterocycles. The predicted molar refractivity (Wildman–Crippen MR) is 124 cm³/mol. The van der Waals surface area contributed by atoms with Crippen LogP contribution in [0.1, 0.15) is 13.3 Å². The van der Waals surface area contributed by atoms with Crippen molar-refractivity contribution in [1.82, 2.24) is 10.2 Å². The van der Waals surface area contributed by atoms with Crippen molar-refractivity contribution in [2.75, 3.05) is 58.4 Å². The molecule has 0 aliphatic carbocycles. The monoisotopic (exact) mass is 410 g/mol. The zero-order valence-corrected chi connectivity index (χ0v) is 18.4. The number of guanidine groups is 1. The van der Waals surface area contributed by atoms with E-state index in [0.717, 1.165) is 56.6 Å². The molecule has 1 N–H and O–H groups in total. The quantitative estimate of drug-likeness (QED) is 0.507. The fourth-order valence-electron chi connectivity index (χ4n) is 3.63. The normalized spacial score (nSPS) is 16.4. The molecular weight excluding hydrogens is 376 g/mol. The smallest absolute Gasteiger partial charge is 0.193 e. The van der Waals surface area contributed by atoms with Gasteiger partial charge < -0.3 is 24.6 Å². The van der Waals surface area contributed by atoms with E-state index in [1.165, 1.54) is 5.69 Å². The summed E-state index contributed by atoms with van der Waals surface area (Å²) >= 11 is 0. The topological polar surface area (TPSA) is 49.3 Å². The molecular formula is C24H34N4O2. The largest absolute Gasteiger partial charge is 0.497 e. The van der Waals surface area contributed by atoms with Gasteiger partial charge in [-0.05, 0) is 43.5 Å². The number of methoxy groups -OCH3 is 1. The number of rotatable bonds is 9. The fraction of sp³-hybridized carbons (Fsp3) is 0.458. The van der Waals surface area contributed by atoms with Crippen LogP contribution in [0.2, 0.25) is 0 Å². The first-order chi connectivity index (χ1) is 14.7. The van der Waals surface area contributed by atoms with E-state index in [-0.39, 0.29) is 0 Å². The van der Waals surface area contributed by atoms with Crippen molar-refractivity contribution in [3.05, 3.63) is 54.6 Å². The molecule has 3 rings (SSSR count). The third-order valence-corrected chi connectivity index (χ3v) is 5.34. The summed E-state index contributed by atoms with van der Waals surface area (Å²) in [6.07, 6.45) is 1.15. The molecule has 0 spiro atoms. The van der Waals surface area contributed by atoms with E-state index in [4.69, 9.17) is 14.5 Å². The summed E-state index contributed by atoms with van der Waals surface area (Å²) in [6, 6.07) is 18.2. The number of hydrogen-bond donors (Lipinski definition) is 1. The predicted octanol–water partition coefficient (Wildman–Crippen LogP) is 3.50. The summed E-state index contributed by atoms with van der Waals surface area (Å²) in [6.45, 7) is 7.26. The highest BCUT2D eigenvalue weighted by Crippen LogP contribution is 2.27. The minimum absolute atomic E-state index is 0.554. The van der Waals surface area contributed by atoms with Gasteiger partial charge in [-0.25, -0.2) is 0 Å². The third-order valence-electron chi connectivity index (χ3n) is 5.34. The van der Waals surface area contributed by atoms with Gasteiger partial charge in [-0.1, -0.05) is 24.3 Å². The first kappa shape index (κ1) is 21.8. The van der Waals surface area contributed by atoms with Crippen LogP contribution in [-0.2, 0) is 0 Å². The Bertz CT molecular complexity index is 797. The van der Waals surface area contributed by atoms with E-state index in [0.29, 0.717) is 12.5 Å². The van der Waals surface area contributed by atoms with Crippen LogP contribution in [0.15, 0.2) is 59.6 Å². The van der Waals surface area contributed by atoms with E-state index in [1.807, 2.05) is 36.4 Å². The van der Waals surface area contributed by atoms with Crippen molar-refractivity contribution in [1.29, 1.82) is 0 Å². The molecule has 162 valence electrons. The molecule has 1 atom stereocenters. The molecule has 1 saturated heterocycles. The lowest BCUT2D eigenvalue weighted by atomic mass is 10.1. The Morgan fingerprint density at radius 1 is 1.17 bits per heavy atom. The fourth-order valence-corrected chi connectivity index (χ4v) is 3.63. The van der Waals surface area contributed by atoms with Gasteiger partial charge in [0.25, 0.3) is 0 Å². The molecule has 0 aromatic heterocycles. The second kappa shape index (κ2) is 11.3. The van der Waals surface area contributed by atoms with Crippen molar-refractivity contribution >= 4 is 11.6 Å². The lowest BCUT2D eigenvalue weighted by molar-refractivity contribution is 0.281. The number of benzene rings is 2. The van der Waals surface area contributed by atoms with E-state index < -0.39 is 0 Å². The zero-order valence-electron chi connectivity index (χ0n) is 18.4. The van der Waals surface area contributed by atoms with Crippen LogP contribution >= 0.6 is 0 Å². The summed E-state index contributed by atoms with van der Waals surface area (Å²) in [5.74, 6) is 3.30. The van der Waals surface area contributed by atoms with Gasteiger partial charge in [-0.3, -0.25) is 4.99 Å². The third kappa shape index (κ3) is 6.31.